The summed E-state index contributed by atoms with van der Waals surface area (Å²) in [4.78, 5) is 16.3. The Morgan fingerprint density at radius 1 is 0.919 bits per heavy atom. The standard InChI is InChI=1S/C21H17N2.C11H20O2.Ir/c1-15-5-6-18(13-16(15)2)20-10-8-17-7-9-19(14-21(17)22-20)23-11-3-4-12-23;1-10(2,3)8(12)7-9(13)11(4,5)6;/h3-5,7-14H,1-2H3;7,12H,1-6H3;/q-1;;/b;8-7-;. The second-order valence-electron chi connectivity index (χ2n) is 11.3. The Hall–Kier alpha value is -3.01. The van der Waals surface area contributed by atoms with Gasteiger partial charge in [-0.2, -0.15) is 0 Å². The molecule has 1 radical (unpaired) electrons. The maximum atomic E-state index is 11.5. The van der Waals surface area contributed by atoms with E-state index in [4.69, 9.17) is 4.98 Å². The van der Waals surface area contributed by atoms with Crippen LogP contribution in [0, 0.1) is 30.7 Å². The van der Waals surface area contributed by atoms with E-state index in [1.54, 1.807) is 0 Å². The summed E-state index contributed by atoms with van der Waals surface area (Å²) >= 11 is 0. The number of hydrogen-bond donors (Lipinski definition) is 1. The molecule has 0 atom stereocenters. The summed E-state index contributed by atoms with van der Waals surface area (Å²) in [5, 5.41) is 10.7. The van der Waals surface area contributed by atoms with Crippen LogP contribution < -0.4 is 0 Å². The van der Waals surface area contributed by atoms with Crippen molar-refractivity contribution in [2.45, 2.75) is 55.4 Å². The number of hydrogen-bond acceptors (Lipinski definition) is 3. The predicted molar refractivity (Wildman–Crippen MR) is 149 cm³/mol. The fourth-order valence-electron chi connectivity index (χ4n) is 3.30. The minimum atomic E-state index is -0.417. The quantitative estimate of drug-likeness (QED) is 0.136. The first-order valence-electron chi connectivity index (χ1n) is 12.2. The first-order chi connectivity index (χ1) is 16.8. The van der Waals surface area contributed by atoms with Crippen LogP contribution in [0.15, 0.2) is 78.8 Å². The van der Waals surface area contributed by atoms with Crippen molar-refractivity contribution >= 4 is 16.7 Å². The summed E-state index contributed by atoms with van der Waals surface area (Å²) in [7, 11) is 0. The van der Waals surface area contributed by atoms with Gasteiger partial charge in [-0.15, -0.1) is 34.9 Å². The molecule has 197 valence electrons. The van der Waals surface area contributed by atoms with Crippen LogP contribution in [0.1, 0.15) is 52.7 Å². The van der Waals surface area contributed by atoms with Gasteiger partial charge in [-0.25, -0.2) is 0 Å². The number of carbonyl (C=O) groups is 1. The van der Waals surface area contributed by atoms with Gasteiger partial charge < -0.3 is 9.67 Å². The van der Waals surface area contributed by atoms with Gasteiger partial charge >= 0.3 is 0 Å². The molecular formula is C32H37IrN2O2-. The van der Waals surface area contributed by atoms with Gasteiger partial charge in [0.2, 0.25) is 0 Å². The number of aryl methyl sites for hydroxylation is 2. The summed E-state index contributed by atoms with van der Waals surface area (Å²) in [6, 6.07) is 22.1. The zero-order chi connectivity index (χ0) is 26.7. The Morgan fingerprint density at radius 3 is 2.11 bits per heavy atom. The minimum absolute atomic E-state index is 0. The number of pyridine rings is 1. The molecule has 0 aliphatic carbocycles. The van der Waals surface area contributed by atoms with Crippen molar-refractivity contribution in [1.29, 1.82) is 0 Å². The van der Waals surface area contributed by atoms with E-state index >= 15 is 0 Å². The van der Waals surface area contributed by atoms with Gasteiger partial charge in [0.05, 0.1) is 5.52 Å². The molecule has 0 spiro atoms. The second-order valence-corrected chi connectivity index (χ2v) is 11.3. The zero-order valence-corrected chi connectivity index (χ0v) is 25.4. The molecule has 1 N–H and O–H groups in total. The van der Waals surface area contributed by atoms with E-state index in [0.29, 0.717) is 0 Å². The Bertz CT molecular complexity index is 1390. The number of rotatable bonds is 3. The van der Waals surface area contributed by atoms with Crippen molar-refractivity contribution in [2.75, 3.05) is 0 Å². The zero-order valence-electron chi connectivity index (χ0n) is 23.0. The molecule has 2 heterocycles. The molecular weight excluding hydrogens is 637 g/mol. The van der Waals surface area contributed by atoms with Crippen molar-refractivity contribution in [3.63, 3.8) is 0 Å². The molecule has 0 saturated heterocycles. The van der Waals surface area contributed by atoms with Gasteiger partial charge in [-0.05, 0) is 35.3 Å². The monoisotopic (exact) mass is 674 g/mol. The SMILES string of the molecule is CC(C)(C)C(=O)/C=C(\O)C(C)(C)C.Cc1c[c-]c(-c2ccc3ccc(-n4cccc4)cc3n2)cc1C.[Ir]. The van der Waals surface area contributed by atoms with Crippen molar-refractivity contribution in [2.24, 2.45) is 10.8 Å². The fourth-order valence-corrected chi connectivity index (χ4v) is 3.30. The number of benzene rings is 2. The normalized spacial score (nSPS) is 11.9. The number of aromatic nitrogens is 2. The van der Waals surface area contributed by atoms with E-state index in [0.717, 1.165) is 27.8 Å². The Balaban J connectivity index is 0.000000299. The largest absolute Gasteiger partial charge is 0.512 e. The van der Waals surface area contributed by atoms with Crippen LogP contribution in [0.25, 0.3) is 27.8 Å². The Morgan fingerprint density at radius 2 is 1.54 bits per heavy atom. The third-order valence-electron chi connectivity index (χ3n) is 6.06. The van der Waals surface area contributed by atoms with Crippen LogP contribution in [0.3, 0.4) is 0 Å². The van der Waals surface area contributed by atoms with E-state index < -0.39 is 5.41 Å². The van der Waals surface area contributed by atoms with Crippen LogP contribution in [0.4, 0.5) is 0 Å². The molecule has 2 aromatic carbocycles. The number of fused-ring (bicyclic) bond motifs is 1. The molecule has 0 aliphatic rings. The molecule has 4 nitrogen and oxygen atoms in total. The van der Waals surface area contributed by atoms with E-state index in [2.05, 4.69) is 60.9 Å². The smallest absolute Gasteiger partial charge is 0.164 e. The molecule has 0 saturated carbocycles. The van der Waals surface area contributed by atoms with Crippen LogP contribution >= 0.6 is 0 Å². The summed E-state index contributed by atoms with van der Waals surface area (Å²) < 4.78 is 2.09. The van der Waals surface area contributed by atoms with Crippen molar-refractivity contribution in [1.82, 2.24) is 9.55 Å². The molecule has 0 aliphatic heterocycles. The van der Waals surface area contributed by atoms with E-state index in [1.165, 1.54) is 17.2 Å². The molecule has 2 aromatic heterocycles. The molecule has 0 fully saturated rings. The third-order valence-corrected chi connectivity index (χ3v) is 6.06. The van der Waals surface area contributed by atoms with Gasteiger partial charge in [0.25, 0.3) is 0 Å². The number of aliphatic hydroxyl groups excluding tert-OH is 1. The van der Waals surface area contributed by atoms with Crippen LogP contribution in [0.2, 0.25) is 0 Å². The van der Waals surface area contributed by atoms with Crippen molar-refractivity contribution in [3.05, 3.63) is 96.0 Å². The number of allylic oxidation sites excluding steroid dienone is 2. The van der Waals surface area contributed by atoms with Crippen LogP contribution in [0.5, 0.6) is 0 Å². The van der Waals surface area contributed by atoms with E-state index in [9.17, 15) is 9.90 Å². The summed E-state index contributed by atoms with van der Waals surface area (Å²) in [6.45, 7) is 15.3. The summed E-state index contributed by atoms with van der Waals surface area (Å²) in [5.74, 6) is 0.104. The van der Waals surface area contributed by atoms with E-state index in [-0.39, 0.29) is 37.1 Å². The fraction of sp³-hybridized carbons (Fsp3) is 0.312. The van der Waals surface area contributed by atoms with Gasteiger partial charge in [-0.1, -0.05) is 73.6 Å². The average Bonchev–Trinajstić information content (AvgIpc) is 3.34. The first-order valence-corrected chi connectivity index (χ1v) is 12.2. The van der Waals surface area contributed by atoms with Crippen molar-refractivity contribution < 1.29 is 30.0 Å². The molecule has 5 heteroatoms. The molecule has 4 aromatic rings. The minimum Gasteiger partial charge on any atom is -0.512 e. The topological polar surface area (TPSA) is 55.1 Å². The van der Waals surface area contributed by atoms with Crippen LogP contribution in [-0.4, -0.2) is 20.4 Å². The predicted octanol–water partition coefficient (Wildman–Crippen LogP) is 8.20. The molecule has 37 heavy (non-hydrogen) atoms. The second kappa shape index (κ2) is 12.0. The van der Waals surface area contributed by atoms with Gasteiger partial charge in [0.15, 0.2) is 5.78 Å². The maximum absolute atomic E-state index is 11.5. The Labute approximate surface area is 234 Å². The number of ketones is 1. The average molecular weight is 674 g/mol. The van der Waals surface area contributed by atoms with Crippen LogP contribution in [-0.2, 0) is 24.9 Å². The molecule has 0 amide bonds. The maximum Gasteiger partial charge on any atom is 0.164 e. The first kappa shape index (κ1) is 30.2. The number of carbonyl (C=O) groups excluding carboxylic acids is 1. The summed E-state index contributed by atoms with van der Waals surface area (Å²) in [5.41, 5.74) is 5.88. The van der Waals surface area contributed by atoms with Gasteiger partial charge in [0.1, 0.15) is 5.76 Å². The third kappa shape index (κ3) is 7.98. The molecule has 4 rings (SSSR count). The summed E-state index contributed by atoms with van der Waals surface area (Å²) in [6.07, 6.45) is 5.42. The molecule has 0 bridgehead atoms. The van der Waals surface area contributed by atoms with Crippen molar-refractivity contribution in [3.8, 4) is 16.9 Å². The van der Waals surface area contributed by atoms with E-state index in [1.807, 2.05) is 72.1 Å². The van der Waals surface area contributed by atoms with Gasteiger partial charge in [0, 0.05) is 55.1 Å². The Kier molecular flexibility index (Phi) is 9.82. The number of aliphatic hydroxyl groups is 1. The molecule has 0 unspecified atom stereocenters. The van der Waals surface area contributed by atoms with Gasteiger partial charge in [-0.3, -0.25) is 9.78 Å². The number of nitrogens with zero attached hydrogens (tertiary/aromatic N) is 2.